The zero-order valence-electron chi connectivity index (χ0n) is 12.9. The SMILES string of the molecule is CCC1CN(C(=O)c2ccc(Br)cc2OC)C(CC)CN1. The van der Waals surface area contributed by atoms with Crippen molar-refractivity contribution in [3.63, 3.8) is 0 Å². The molecule has 1 aromatic rings. The smallest absolute Gasteiger partial charge is 0.257 e. The van der Waals surface area contributed by atoms with E-state index in [1.54, 1.807) is 7.11 Å². The Balaban J connectivity index is 2.28. The summed E-state index contributed by atoms with van der Waals surface area (Å²) < 4.78 is 6.28. The van der Waals surface area contributed by atoms with Crippen LogP contribution in [0.25, 0.3) is 0 Å². The average Bonchev–Trinajstić information content (AvgIpc) is 2.53. The molecule has 1 heterocycles. The largest absolute Gasteiger partial charge is 0.496 e. The van der Waals surface area contributed by atoms with Gasteiger partial charge in [-0.15, -0.1) is 0 Å². The van der Waals surface area contributed by atoms with E-state index in [4.69, 9.17) is 4.74 Å². The minimum absolute atomic E-state index is 0.0613. The predicted octanol–water partition coefficient (Wildman–Crippen LogP) is 3.06. The van der Waals surface area contributed by atoms with Crippen molar-refractivity contribution in [3.05, 3.63) is 28.2 Å². The molecule has 2 unspecified atom stereocenters. The highest BCUT2D eigenvalue weighted by Crippen LogP contribution is 2.26. The maximum absolute atomic E-state index is 12.9. The van der Waals surface area contributed by atoms with Crippen LogP contribution in [-0.4, -0.2) is 43.1 Å². The minimum Gasteiger partial charge on any atom is -0.496 e. The number of nitrogens with zero attached hydrogens (tertiary/aromatic N) is 1. The van der Waals surface area contributed by atoms with E-state index in [0.717, 1.165) is 30.4 Å². The standard InChI is InChI=1S/C16H23BrN2O2/c1-4-12-10-19(13(5-2)9-18-12)16(20)14-7-6-11(17)8-15(14)21-3/h6-8,12-13,18H,4-5,9-10H2,1-3H3. The van der Waals surface area contributed by atoms with Gasteiger partial charge in [0.1, 0.15) is 5.75 Å². The Labute approximate surface area is 135 Å². The molecule has 0 aliphatic carbocycles. The molecule has 1 aliphatic rings. The molecule has 1 aliphatic heterocycles. The van der Waals surface area contributed by atoms with E-state index in [9.17, 15) is 4.79 Å². The van der Waals surface area contributed by atoms with E-state index in [1.807, 2.05) is 23.1 Å². The van der Waals surface area contributed by atoms with Crippen LogP contribution in [0.2, 0.25) is 0 Å². The quantitative estimate of drug-likeness (QED) is 0.903. The van der Waals surface area contributed by atoms with Gasteiger partial charge in [-0.1, -0.05) is 29.8 Å². The summed E-state index contributed by atoms with van der Waals surface area (Å²) in [4.78, 5) is 14.9. The average molecular weight is 355 g/mol. The third-order valence-electron chi connectivity index (χ3n) is 4.12. The van der Waals surface area contributed by atoms with E-state index in [0.29, 0.717) is 17.4 Å². The van der Waals surface area contributed by atoms with Gasteiger partial charge in [-0.2, -0.15) is 0 Å². The number of benzene rings is 1. The molecule has 21 heavy (non-hydrogen) atoms. The number of piperazine rings is 1. The highest BCUT2D eigenvalue weighted by atomic mass is 79.9. The van der Waals surface area contributed by atoms with Gasteiger partial charge in [-0.3, -0.25) is 4.79 Å². The van der Waals surface area contributed by atoms with Crippen LogP contribution in [0.5, 0.6) is 5.75 Å². The number of nitrogens with one attached hydrogen (secondary N) is 1. The highest BCUT2D eigenvalue weighted by Gasteiger charge is 2.31. The van der Waals surface area contributed by atoms with Crippen LogP contribution in [0, 0.1) is 0 Å². The summed E-state index contributed by atoms with van der Waals surface area (Å²) in [6, 6.07) is 6.18. The van der Waals surface area contributed by atoms with E-state index in [-0.39, 0.29) is 11.9 Å². The molecule has 2 rings (SSSR count). The number of rotatable bonds is 4. The molecule has 116 valence electrons. The number of ether oxygens (including phenoxy) is 1. The summed E-state index contributed by atoms with van der Waals surface area (Å²) in [5.41, 5.74) is 0.635. The number of halogens is 1. The Morgan fingerprint density at radius 1 is 1.43 bits per heavy atom. The fraction of sp³-hybridized carbons (Fsp3) is 0.562. The zero-order chi connectivity index (χ0) is 15.4. The zero-order valence-corrected chi connectivity index (χ0v) is 14.4. The summed E-state index contributed by atoms with van der Waals surface area (Å²) in [6.45, 7) is 5.89. The lowest BCUT2D eigenvalue weighted by atomic mass is 10.0. The molecule has 1 fully saturated rings. The van der Waals surface area contributed by atoms with Gasteiger partial charge < -0.3 is 15.0 Å². The van der Waals surface area contributed by atoms with Crippen molar-refractivity contribution in [1.82, 2.24) is 10.2 Å². The van der Waals surface area contributed by atoms with Gasteiger partial charge in [0.2, 0.25) is 0 Å². The number of carbonyl (C=O) groups excluding carboxylic acids is 1. The molecular weight excluding hydrogens is 332 g/mol. The van der Waals surface area contributed by atoms with Crippen LogP contribution in [0.3, 0.4) is 0 Å². The molecule has 4 nitrogen and oxygen atoms in total. The first kappa shape index (κ1) is 16.3. The van der Waals surface area contributed by atoms with Crippen molar-refractivity contribution in [2.24, 2.45) is 0 Å². The first-order chi connectivity index (χ1) is 10.1. The number of carbonyl (C=O) groups is 1. The molecule has 5 heteroatoms. The lowest BCUT2D eigenvalue weighted by molar-refractivity contribution is 0.0572. The van der Waals surface area contributed by atoms with Crippen molar-refractivity contribution < 1.29 is 9.53 Å². The number of amides is 1. The number of hydrogen-bond donors (Lipinski definition) is 1. The van der Waals surface area contributed by atoms with Crippen LogP contribution in [0.1, 0.15) is 37.0 Å². The number of hydrogen-bond acceptors (Lipinski definition) is 3. The van der Waals surface area contributed by atoms with Gasteiger partial charge in [-0.25, -0.2) is 0 Å². The van der Waals surface area contributed by atoms with Gasteiger partial charge in [0.25, 0.3) is 5.91 Å². The highest BCUT2D eigenvalue weighted by molar-refractivity contribution is 9.10. The summed E-state index contributed by atoms with van der Waals surface area (Å²) in [5, 5.41) is 3.51. The predicted molar refractivity (Wildman–Crippen MR) is 87.9 cm³/mol. The Morgan fingerprint density at radius 3 is 2.81 bits per heavy atom. The molecule has 1 saturated heterocycles. The Kier molecular flexibility index (Phi) is 5.65. The minimum atomic E-state index is 0.0613. The summed E-state index contributed by atoms with van der Waals surface area (Å²) in [6.07, 6.45) is 1.98. The number of methoxy groups -OCH3 is 1. The van der Waals surface area contributed by atoms with Crippen molar-refractivity contribution >= 4 is 21.8 Å². The molecule has 1 N–H and O–H groups in total. The lowest BCUT2D eigenvalue weighted by Gasteiger charge is -2.40. The normalized spacial score (nSPS) is 22.2. The van der Waals surface area contributed by atoms with Gasteiger partial charge in [-0.05, 0) is 31.0 Å². The van der Waals surface area contributed by atoms with Gasteiger partial charge >= 0.3 is 0 Å². The van der Waals surface area contributed by atoms with Gasteiger partial charge in [0.05, 0.1) is 12.7 Å². The molecule has 0 aromatic heterocycles. The van der Waals surface area contributed by atoms with Crippen LogP contribution in [-0.2, 0) is 0 Å². The lowest BCUT2D eigenvalue weighted by Crippen LogP contribution is -2.57. The second-order valence-corrected chi connectivity index (χ2v) is 6.29. The fourth-order valence-corrected chi connectivity index (χ4v) is 3.09. The molecule has 0 bridgehead atoms. The third-order valence-corrected chi connectivity index (χ3v) is 4.61. The fourth-order valence-electron chi connectivity index (χ4n) is 2.75. The van der Waals surface area contributed by atoms with Crippen LogP contribution < -0.4 is 10.1 Å². The van der Waals surface area contributed by atoms with Crippen LogP contribution in [0.4, 0.5) is 0 Å². The topological polar surface area (TPSA) is 41.6 Å². The molecule has 2 atom stereocenters. The first-order valence-corrected chi connectivity index (χ1v) is 8.27. The van der Waals surface area contributed by atoms with E-state index >= 15 is 0 Å². The molecule has 1 aromatic carbocycles. The Bertz CT molecular complexity index is 507. The van der Waals surface area contributed by atoms with E-state index in [1.165, 1.54) is 0 Å². The van der Waals surface area contributed by atoms with E-state index < -0.39 is 0 Å². The van der Waals surface area contributed by atoms with Crippen molar-refractivity contribution in [2.75, 3.05) is 20.2 Å². The molecule has 0 radical (unpaired) electrons. The van der Waals surface area contributed by atoms with Crippen molar-refractivity contribution in [3.8, 4) is 5.75 Å². The van der Waals surface area contributed by atoms with Gasteiger partial charge in [0, 0.05) is 29.6 Å². The molecule has 0 saturated carbocycles. The molecule has 0 spiro atoms. The van der Waals surface area contributed by atoms with Crippen LogP contribution >= 0.6 is 15.9 Å². The first-order valence-electron chi connectivity index (χ1n) is 7.48. The summed E-state index contributed by atoms with van der Waals surface area (Å²) in [5.74, 6) is 0.682. The maximum Gasteiger partial charge on any atom is 0.257 e. The van der Waals surface area contributed by atoms with Crippen molar-refractivity contribution in [1.29, 1.82) is 0 Å². The summed E-state index contributed by atoms with van der Waals surface area (Å²) in [7, 11) is 1.60. The third kappa shape index (κ3) is 3.58. The van der Waals surface area contributed by atoms with Crippen molar-refractivity contribution in [2.45, 2.75) is 38.8 Å². The second-order valence-electron chi connectivity index (χ2n) is 5.38. The second kappa shape index (κ2) is 7.27. The molecular formula is C16H23BrN2O2. The molecule has 1 amide bonds. The Morgan fingerprint density at radius 2 is 2.19 bits per heavy atom. The Hall–Kier alpha value is -1.07. The monoisotopic (exact) mass is 354 g/mol. The maximum atomic E-state index is 12.9. The summed E-state index contributed by atoms with van der Waals surface area (Å²) >= 11 is 3.41. The van der Waals surface area contributed by atoms with E-state index in [2.05, 4.69) is 35.1 Å². The van der Waals surface area contributed by atoms with Gasteiger partial charge in [0.15, 0.2) is 0 Å². The van der Waals surface area contributed by atoms with Crippen LogP contribution in [0.15, 0.2) is 22.7 Å².